The van der Waals surface area contributed by atoms with Gasteiger partial charge in [0.2, 0.25) is 0 Å². The molecule has 0 bridgehead atoms. The van der Waals surface area contributed by atoms with Crippen LogP contribution in [0.5, 0.6) is 0 Å². The van der Waals surface area contributed by atoms with E-state index < -0.39 is 0 Å². The number of hydrogen-bond acceptors (Lipinski definition) is 1. The quantitative estimate of drug-likeness (QED) is 0.406. The summed E-state index contributed by atoms with van der Waals surface area (Å²) in [6, 6.07) is 14.9. The summed E-state index contributed by atoms with van der Waals surface area (Å²) in [5.41, 5.74) is 1.78. The summed E-state index contributed by atoms with van der Waals surface area (Å²) in [5.74, 6) is 0.768. The molecule has 2 atom stereocenters. The number of nitrogens with zero attached hydrogens (tertiary/aromatic N) is 1. The van der Waals surface area contributed by atoms with E-state index in [1.54, 1.807) is 13.1 Å². The van der Waals surface area contributed by atoms with E-state index in [1.807, 2.05) is 36.4 Å². The molecule has 128 valence electrons. The highest BCUT2D eigenvalue weighted by Gasteiger charge is 2.40. The van der Waals surface area contributed by atoms with Crippen molar-refractivity contribution in [2.75, 3.05) is 7.05 Å². The first-order valence-electron chi connectivity index (χ1n) is 7.64. The number of hydrogen-bond donors (Lipinski definition) is 2. The van der Waals surface area contributed by atoms with Crippen molar-refractivity contribution in [2.45, 2.75) is 24.9 Å². The Morgan fingerprint density at radius 2 is 1.92 bits per heavy atom. The van der Waals surface area contributed by atoms with E-state index in [0.29, 0.717) is 12.5 Å². The van der Waals surface area contributed by atoms with Crippen LogP contribution in [0.2, 0.25) is 5.02 Å². The van der Waals surface area contributed by atoms with Crippen LogP contribution < -0.4 is 10.6 Å². The van der Waals surface area contributed by atoms with Crippen LogP contribution in [0.1, 0.15) is 23.5 Å². The Balaban J connectivity index is 0.00000208. The number of benzene rings is 2. The van der Waals surface area contributed by atoms with E-state index in [1.165, 1.54) is 6.07 Å². The molecule has 2 N–H and O–H groups in total. The molecule has 2 unspecified atom stereocenters. The van der Waals surface area contributed by atoms with Crippen LogP contribution in [0.15, 0.2) is 53.5 Å². The molecule has 0 spiro atoms. The molecule has 0 amide bonds. The molecular weight excluding hydrogens is 440 g/mol. The first-order chi connectivity index (χ1) is 11.2. The van der Waals surface area contributed by atoms with E-state index in [0.717, 1.165) is 22.6 Å². The van der Waals surface area contributed by atoms with Crippen molar-refractivity contribution < 1.29 is 4.39 Å². The minimum absolute atomic E-state index is 0. The molecular formula is C18H20ClFIN3. The van der Waals surface area contributed by atoms with E-state index in [2.05, 4.69) is 15.6 Å². The lowest BCUT2D eigenvalue weighted by molar-refractivity contribution is 0.607. The van der Waals surface area contributed by atoms with E-state index >= 15 is 0 Å². The van der Waals surface area contributed by atoms with Crippen molar-refractivity contribution in [1.82, 2.24) is 10.6 Å². The highest BCUT2D eigenvalue weighted by molar-refractivity contribution is 14.0. The maximum atomic E-state index is 13.8. The van der Waals surface area contributed by atoms with Crippen molar-refractivity contribution in [3.05, 3.63) is 70.5 Å². The van der Waals surface area contributed by atoms with Gasteiger partial charge >= 0.3 is 0 Å². The summed E-state index contributed by atoms with van der Waals surface area (Å²) in [6.07, 6.45) is 0.910. The van der Waals surface area contributed by atoms with Crippen LogP contribution in [-0.4, -0.2) is 19.0 Å². The maximum Gasteiger partial charge on any atom is 0.191 e. The highest BCUT2D eigenvalue weighted by Crippen LogP contribution is 2.41. The van der Waals surface area contributed by atoms with Crippen LogP contribution >= 0.6 is 35.6 Å². The lowest BCUT2D eigenvalue weighted by Crippen LogP contribution is -2.38. The number of rotatable bonds is 4. The van der Waals surface area contributed by atoms with Crippen LogP contribution in [-0.2, 0) is 6.54 Å². The van der Waals surface area contributed by atoms with Gasteiger partial charge < -0.3 is 10.6 Å². The van der Waals surface area contributed by atoms with Gasteiger partial charge in [0.1, 0.15) is 5.82 Å². The second kappa shape index (κ2) is 8.67. The molecule has 0 aliphatic heterocycles. The summed E-state index contributed by atoms with van der Waals surface area (Å²) in [6.45, 7) is 0.594. The Morgan fingerprint density at radius 1 is 1.21 bits per heavy atom. The third kappa shape index (κ3) is 4.60. The Morgan fingerprint density at radius 3 is 2.62 bits per heavy atom. The third-order valence-corrected chi connectivity index (χ3v) is 4.41. The number of guanidine groups is 1. The maximum absolute atomic E-state index is 13.8. The molecule has 2 aromatic carbocycles. The SMILES string of the molecule is CN=C(NCc1ccccc1Cl)NC1CC1c1ccccc1F.I. The fraction of sp³-hybridized carbons (Fsp3) is 0.278. The molecule has 0 saturated heterocycles. The van der Waals surface area contributed by atoms with Crippen LogP contribution in [0.4, 0.5) is 4.39 Å². The van der Waals surface area contributed by atoms with Crippen LogP contribution in [0.25, 0.3) is 0 Å². The van der Waals surface area contributed by atoms with Crippen LogP contribution in [0, 0.1) is 5.82 Å². The molecule has 6 heteroatoms. The molecule has 3 nitrogen and oxygen atoms in total. The fourth-order valence-electron chi connectivity index (χ4n) is 2.66. The highest BCUT2D eigenvalue weighted by atomic mass is 127. The van der Waals surface area contributed by atoms with Crippen molar-refractivity contribution >= 4 is 41.5 Å². The summed E-state index contributed by atoms with van der Waals surface area (Å²) in [5, 5.41) is 7.31. The second-order valence-corrected chi connectivity index (χ2v) is 6.04. The van der Waals surface area contributed by atoms with Gasteiger partial charge in [0.05, 0.1) is 0 Å². The molecule has 1 aliphatic carbocycles. The molecule has 24 heavy (non-hydrogen) atoms. The van der Waals surface area contributed by atoms with Gasteiger partial charge in [0, 0.05) is 30.6 Å². The number of aliphatic imine (C=N–C) groups is 1. The Kier molecular flexibility index (Phi) is 6.86. The average Bonchev–Trinajstić information content (AvgIpc) is 3.32. The van der Waals surface area contributed by atoms with E-state index in [4.69, 9.17) is 11.6 Å². The van der Waals surface area contributed by atoms with E-state index in [9.17, 15) is 4.39 Å². The third-order valence-electron chi connectivity index (χ3n) is 4.04. The average molecular weight is 460 g/mol. The van der Waals surface area contributed by atoms with Crippen molar-refractivity contribution in [1.29, 1.82) is 0 Å². The minimum atomic E-state index is -0.138. The Bertz CT molecular complexity index is 723. The summed E-state index contributed by atoms with van der Waals surface area (Å²) < 4.78 is 13.8. The second-order valence-electron chi connectivity index (χ2n) is 5.63. The molecule has 1 aliphatic rings. The topological polar surface area (TPSA) is 36.4 Å². The van der Waals surface area contributed by atoms with Gasteiger partial charge in [-0.05, 0) is 29.7 Å². The first kappa shape index (κ1) is 19.0. The fourth-order valence-corrected chi connectivity index (χ4v) is 2.87. The smallest absolute Gasteiger partial charge is 0.191 e. The van der Waals surface area contributed by atoms with Crippen molar-refractivity contribution in [3.8, 4) is 0 Å². The van der Waals surface area contributed by atoms with Gasteiger partial charge in [-0.1, -0.05) is 48.0 Å². The predicted octanol–water partition coefficient (Wildman–Crippen LogP) is 4.32. The molecule has 1 saturated carbocycles. The molecule has 0 aromatic heterocycles. The normalized spacial score (nSPS) is 19.4. The predicted molar refractivity (Wildman–Crippen MR) is 108 cm³/mol. The Labute approximate surface area is 163 Å². The summed E-state index contributed by atoms with van der Waals surface area (Å²) in [4.78, 5) is 4.22. The van der Waals surface area contributed by atoms with Gasteiger partial charge in [-0.3, -0.25) is 4.99 Å². The van der Waals surface area contributed by atoms with Crippen molar-refractivity contribution in [3.63, 3.8) is 0 Å². The molecule has 2 aromatic rings. The molecule has 0 radical (unpaired) electrons. The zero-order chi connectivity index (χ0) is 16.2. The monoisotopic (exact) mass is 459 g/mol. The molecule has 0 heterocycles. The molecule has 1 fully saturated rings. The van der Waals surface area contributed by atoms with Crippen LogP contribution in [0.3, 0.4) is 0 Å². The van der Waals surface area contributed by atoms with Gasteiger partial charge in [0.15, 0.2) is 5.96 Å². The largest absolute Gasteiger partial charge is 0.353 e. The zero-order valence-electron chi connectivity index (χ0n) is 13.3. The number of nitrogens with one attached hydrogen (secondary N) is 2. The lowest BCUT2D eigenvalue weighted by atomic mass is 10.1. The zero-order valence-corrected chi connectivity index (χ0v) is 16.4. The van der Waals surface area contributed by atoms with Gasteiger partial charge in [-0.15, -0.1) is 24.0 Å². The summed E-state index contributed by atoms with van der Waals surface area (Å²) in [7, 11) is 1.72. The molecule has 3 rings (SSSR count). The Hall–Kier alpha value is -1.34. The van der Waals surface area contributed by atoms with E-state index in [-0.39, 0.29) is 41.8 Å². The minimum Gasteiger partial charge on any atom is -0.353 e. The number of halogens is 3. The first-order valence-corrected chi connectivity index (χ1v) is 8.02. The van der Waals surface area contributed by atoms with Gasteiger partial charge in [-0.2, -0.15) is 0 Å². The standard InChI is InChI=1S/C18H19ClFN3.HI/c1-21-18(22-11-12-6-2-4-8-15(12)19)23-17-10-14(17)13-7-3-5-9-16(13)20;/h2-9,14,17H,10-11H2,1H3,(H2,21,22,23);1H. The lowest BCUT2D eigenvalue weighted by Gasteiger charge is -2.13. The van der Waals surface area contributed by atoms with Gasteiger partial charge in [0.25, 0.3) is 0 Å². The van der Waals surface area contributed by atoms with Gasteiger partial charge in [-0.25, -0.2) is 4.39 Å². The summed E-state index contributed by atoms with van der Waals surface area (Å²) >= 11 is 6.15. The van der Waals surface area contributed by atoms with Crippen molar-refractivity contribution in [2.24, 2.45) is 4.99 Å².